The smallest absolute Gasteiger partial charge is 0.331 e. The summed E-state index contributed by atoms with van der Waals surface area (Å²) >= 11 is 0. The lowest BCUT2D eigenvalue weighted by molar-refractivity contribution is -0.130. The van der Waals surface area contributed by atoms with E-state index >= 15 is 0 Å². The Morgan fingerprint density at radius 3 is 2.35 bits per heavy atom. The molecule has 3 aromatic rings. The van der Waals surface area contributed by atoms with Crippen molar-refractivity contribution in [3.05, 3.63) is 82.1 Å². The van der Waals surface area contributed by atoms with Gasteiger partial charge in [-0.25, -0.2) is 4.79 Å². The second-order valence-electron chi connectivity index (χ2n) is 7.69. The van der Waals surface area contributed by atoms with Crippen molar-refractivity contribution >= 4 is 23.9 Å². The van der Waals surface area contributed by atoms with Crippen molar-refractivity contribution in [3.8, 4) is 5.69 Å². The molecular formula is C24H23N3O4. The van der Waals surface area contributed by atoms with Crippen LogP contribution in [0.5, 0.6) is 0 Å². The van der Waals surface area contributed by atoms with Crippen LogP contribution in [-0.2, 0) is 16.1 Å². The number of aryl methyl sites for hydroxylation is 3. The number of carbonyl (C=O) groups is 3. The Morgan fingerprint density at radius 2 is 1.71 bits per heavy atom. The summed E-state index contributed by atoms with van der Waals surface area (Å²) in [5, 5.41) is 2.24. The molecule has 7 heteroatoms. The van der Waals surface area contributed by atoms with Crippen LogP contribution < -0.4 is 5.32 Å². The van der Waals surface area contributed by atoms with E-state index in [2.05, 4.69) is 35.9 Å². The molecular weight excluding hydrogens is 394 g/mol. The molecule has 0 spiro atoms. The van der Waals surface area contributed by atoms with Crippen molar-refractivity contribution < 1.29 is 18.8 Å². The molecule has 1 aliphatic rings. The van der Waals surface area contributed by atoms with Crippen molar-refractivity contribution in [3.63, 3.8) is 0 Å². The fourth-order valence-electron chi connectivity index (χ4n) is 3.99. The van der Waals surface area contributed by atoms with Gasteiger partial charge in [0.25, 0.3) is 11.8 Å². The Kier molecular flexibility index (Phi) is 5.10. The van der Waals surface area contributed by atoms with Gasteiger partial charge in [0.15, 0.2) is 0 Å². The number of nitrogens with one attached hydrogen (secondary N) is 1. The van der Waals surface area contributed by atoms with Crippen molar-refractivity contribution in [2.45, 2.75) is 34.2 Å². The summed E-state index contributed by atoms with van der Waals surface area (Å²) in [7, 11) is 0. The third kappa shape index (κ3) is 3.59. The van der Waals surface area contributed by atoms with Gasteiger partial charge >= 0.3 is 6.03 Å². The molecule has 31 heavy (non-hydrogen) atoms. The lowest BCUT2D eigenvalue weighted by Gasteiger charge is -2.25. The first-order valence-electron chi connectivity index (χ1n) is 9.94. The van der Waals surface area contributed by atoms with Crippen molar-refractivity contribution in [1.29, 1.82) is 0 Å². The number of para-hydroxylation sites is 1. The average molecular weight is 417 g/mol. The second-order valence-corrected chi connectivity index (χ2v) is 7.69. The van der Waals surface area contributed by atoms with E-state index in [-0.39, 0.29) is 12.1 Å². The normalized spacial score (nSPS) is 15.7. The summed E-state index contributed by atoms with van der Waals surface area (Å²) in [6.07, 6.45) is 3.01. The van der Waals surface area contributed by atoms with E-state index in [1.54, 1.807) is 18.2 Å². The topological polar surface area (TPSA) is 84.6 Å². The molecule has 1 N–H and O–H groups in total. The Labute approximate surface area is 180 Å². The number of barbiturate groups is 1. The minimum Gasteiger partial charge on any atom is -0.467 e. The predicted molar refractivity (Wildman–Crippen MR) is 115 cm³/mol. The molecule has 3 heterocycles. The number of rotatable bonds is 4. The molecule has 1 saturated heterocycles. The molecule has 1 aliphatic heterocycles. The number of hydrogen-bond acceptors (Lipinski definition) is 4. The van der Waals surface area contributed by atoms with Gasteiger partial charge in [-0.2, -0.15) is 0 Å². The molecule has 4 amide bonds. The number of furan rings is 1. The number of nitrogens with zero attached hydrogens (tertiary/aromatic N) is 2. The second kappa shape index (κ2) is 7.75. The number of carbonyl (C=O) groups excluding carboxylic acids is 3. The molecule has 1 aromatic carbocycles. The molecule has 0 saturated carbocycles. The average Bonchev–Trinajstić information content (AvgIpc) is 3.31. The summed E-state index contributed by atoms with van der Waals surface area (Å²) in [4.78, 5) is 38.7. The summed E-state index contributed by atoms with van der Waals surface area (Å²) in [5.74, 6) is -0.907. The van der Waals surface area contributed by atoms with E-state index in [0.29, 0.717) is 5.76 Å². The van der Waals surface area contributed by atoms with E-state index in [1.165, 1.54) is 6.26 Å². The monoisotopic (exact) mass is 417 g/mol. The number of amides is 4. The predicted octanol–water partition coefficient (Wildman–Crippen LogP) is 3.97. The zero-order chi connectivity index (χ0) is 22.3. The molecule has 4 rings (SSSR count). The van der Waals surface area contributed by atoms with E-state index < -0.39 is 17.8 Å². The lowest BCUT2D eigenvalue weighted by atomic mass is 10.1. The molecule has 0 aliphatic carbocycles. The van der Waals surface area contributed by atoms with E-state index in [4.69, 9.17) is 4.42 Å². The maximum absolute atomic E-state index is 13.0. The first-order chi connectivity index (χ1) is 14.8. The summed E-state index contributed by atoms with van der Waals surface area (Å²) in [5.41, 5.74) is 5.87. The van der Waals surface area contributed by atoms with Gasteiger partial charge < -0.3 is 8.98 Å². The minimum absolute atomic E-state index is 0.0519. The van der Waals surface area contributed by atoms with Gasteiger partial charge in [-0.3, -0.25) is 19.8 Å². The largest absolute Gasteiger partial charge is 0.467 e. The maximum Gasteiger partial charge on any atom is 0.331 e. The summed E-state index contributed by atoms with van der Waals surface area (Å²) in [6, 6.07) is 10.6. The molecule has 158 valence electrons. The highest BCUT2D eigenvalue weighted by molar-refractivity contribution is 6.31. The third-order valence-electron chi connectivity index (χ3n) is 5.51. The first-order valence-corrected chi connectivity index (χ1v) is 9.94. The van der Waals surface area contributed by atoms with Crippen LogP contribution in [0, 0.1) is 27.7 Å². The summed E-state index contributed by atoms with van der Waals surface area (Å²) < 4.78 is 7.36. The number of imide groups is 2. The Bertz CT molecular complexity index is 1210. The van der Waals surface area contributed by atoms with Crippen LogP contribution in [0.2, 0.25) is 0 Å². The van der Waals surface area contributed by atoms with Crippen LogP contribution >= 0.6 is 0 Å². The lowest BCUT2D eigenvalue weighted by Crippen LogP contribution is -2.53. The van der Waals surface area contributed by atoms with Gasteiger partial charge in [0.05, 0.1) is 18.5 Å². The van der Waals surface area contributed by atoms with E-state index in [1.807, 2.05) is 26.0 Å². The molecule has 0 unspecified atom stereocenters. The SMILES string of the molecule is Cc1cccc(C)c1-n1c(C)cc(/C=C2/C(=O)NC(=O)N(Cc3ccco3)C2=O)c1C. The zero-order valence-electron chi connectivity index (χ0n) is 17.9. The fourth-order valence-corrected chi connectivity index (χ4v) is 3.99. The van der Waals surface area contributed by atoms with Crippen LogP contribution in [-0.4, -0.2) is 27.3 Å². The van der Waals surface area contributed by atoms with Crippen molar-refractivity contribution in [1.82, 2.24) is 14.8 Å². The van der Waals surface area contributed by atoms with Crippen LogP contribution in [0.15, 0.2) is 52.7 Å². The zero-order valence-corrected chi connectivity index (χ0v) is 17.9. The number of benzene rings is 1. The van der Waals surface area contributed by atoms with Crippen LogP contribution in [0.25, 0.3) is 11.8 Å². The number of hydrogen-bond donors (Lipinski definition) is 1. The van der Waals surface area contributed by atoms with E-state index in [0.717, 1.165) is 38.7 Å². The molecule has 7 nitrogen and oxygen atoms in total. The van der Waals surface area contributed by atoms with Gasteiger partial charge in [-0.15, -0.1) is 0 Å². The van der Waals surface area contributed by atoms with Crippen LogP contribution in [0.3, 0.4) is 0 Å². The highest BCUT2D eigenvalue weighted by atomic mass is 16.3. The van der Waals surface area contributed by atoms with Crippen molar-refractivity contribution in [2.75, 3.05) is 0 Å². The van der Waals surface area contributed by atoms with Gasteiger partial charge in [0, 0.05) is 11.4 Å². The molecule has 1 fully saturated rings. The summed E-state index contributed by atoms with van der Waals surface area (Å²) in [6.45, 7) is 7.98. The van der Waals surface area contributed by atoms with Gasteiger partial charge in [-0.05, 0) is 68.7 Å². The molecule has 0 atom stereocenters. The van der Waals surface area contributed by atoms with Crippen LogP contribution in [0.1, 0.15) is 33.8 Å². The number of urea groups is 1. The third-order valence-corrected chi connectivity index (χ3v) is 5.51. The number of aromatic nitrogens is 1. The van der Waals surface area contributed by atoms with Gasteiger partial charge in [-0.1, -0.05) is 18.2 Å². The highest BCUT2D eigenvalue weighted by Gasteiger charge is 2.36. The van der Waals surface area contributed by atoms with Gasteiger partial charge in [0.2, 0.25) is 0 Å². The van der Waals surface area contributed by atoms with Crippen molar-refractivity contribution in [2.24, 2.45) is 0 Å². The maximum atomic E-state index is 13.0. The van der Waals surface area contributed by atoms with Gasteiger partial charge in [0.1, 0.15) is 11.3 Å². The quantitative estimate of drug-likeness (QED) is 0.514. The Morgan fingerprint density at radius 1 is 1.00 bits per heavy atom. The van der Waals surface area contributed by atoms with Crippen LogP contribution in [0.4, 0.5) is 4.79 Å². The Hall–Kier alpha value is -3.87. The Balaban J connectivity index is 1.75. The first kappa shape index (κ1) is 20.4. The minimum atomic E-state index is -0.760. The highest BCUT2D eigenvalue weighted by Crippen LogP contribution is 2.28. The molecule has 0 bridgehead atoms. The standard InChI is InChI=1S/C24H23N3O4/c1-14-7-5-8-15(2)21(14)27-16(3)11-18(17(27)4)12-20-22(28)25-24(30)26(23(20)29)13-19-9-6-10-31-19/h5-12H,13H2,1-4H3,(H,25,28,30)/b20-12-. The fraction of sp³-hybridized carbons (Fsp3) is 0.208. The van der Waals surface area contributed by atoms with E-state index in [9.17, 15) is 14.4 Å². The molecule has 0 radical (unpaired) electrons. The molecule has 2 aromatic heterocycles.